The van der Waals surface area contributed by atoms with Crippen LogP contribution < -0.4 is 16.6 Å². The average Bonchev–Trinajstić information content (AvgIpc) is 3.14. The molecular formula is C21H20F3N7OS. The predicted molar refractivity (Wildman–Crippen MR) is 123 cm³/mol. The van der Waals surface area contributed by atoms with Gasteiger partial charge in [0.2, 0.25) is 11.1 Å². The molecule has 4 N–H and O–H groups in total. The zero-order valence-electron chi connectivity index (χ0n) is 17.4. The highest BCUT2D eigenvalue weighted by Crippen LogP contribution is 2.30. The summed E-state index contributed by atoms with van der Waals surface area (Å²) >= 11 is 0.974. The van der Waals surface area contributed by atoms with Gasteiger partial charge in [0.05, 0.1) is 17.0 Å². The number of nitrogens with one attached hydrogen (secondary N) is 2. The Kier molecular flexibility index (Phi) is 7.72. The molecule has 3 aromatic rings. The SMILES string of the molecule is CC(/C=C/c1ccccc1)=N\Nc1nnc(SCC(=O)Nc2cccc(C(F)(F)F)c2)n1N. The summed E-state index contributed by atoms with van der Waals surface area (Å²) in [5.74, 6) is 5.43. The Bertz CT molecular complexity index is 1160. The number of nitrogens with two attached hydrogens (primary N) is 1. The number of carbonyl (C=O) groups is 1. The average molecular weight is 476 g/mol. The molecule has 12 heteroatoms. The number of hydrogen-bond acceptors (Lipinski definition) is 7. The highest BCUT2D eigenvalue weighted by Gasteiger charge is 2.30. The second-order valence-corrected chi connectivity index (χ2v) is 7.64. The van der Waals surface area contributed by atoms with E-state index in [1.165, 1.54) is 12.1 Å². The van der Waals surface area contributed by atoms with Crippen LogP contribution in [0.4, 0.5) is 24.8 Å². The van der Waals surface area contributed by atoms with Crippen LogP contribution in [0.1, 0.15) is 18.1 Å². The van der Waals surface area contributed by atoms with Crippen molar-refractivity contribution >= 4 is 41.1 Å². The number of aromatic nitrogens is 3. The molecule has 1 aromatic heterocycles. The van der Waals surface area contributed by atoms with Crippen molar-refractivity contribution in [3.05, 3.63) is 71.8 Å². The molecule has 2 aromatic carbocycles. The van der Waals surface area contributed by atoms with Crippen molar-refractivity contribution in [2.75, 3.05) is 22.3 Å². The van der Waals surface area contributed by atoms with Crippen molar-refractivity contribution in [2.45, 2.75) is 18.3 Å². The van der Waals surface area contributed by atoms with Crippen molar-refractivity contribution in [3.63, 3.8) is 0 Å². The molecule has 0 fully saturated rings. The molecule has 0 saturated carbocycles. The number of carbonyl (C=O) groups excluding carboxylic acids is 1. The Balaban J connectivity index is 1.53. The number of alkyl halides is 3. The van der Waals surface area contributed by atoms with Crippen molar-refractivity contribution in [1.82, 2.24) is 14.9 Å². The van der Waals surface area contributed by atoms with Gasteiger partial charge in [0.15, 0.2) is 0 Å². The molecule has 1 amide bonds. The fraction of sp³-hybridized carbons (Fsp3) is 0.143. The first kappa shape index (κ1) is 23.9. The van der Waals surface area contributed by atoms with E-state index in [2.05, 4.69) is 26.0 Å². The van der Waals surface area contributed by atoms with Gasteiger partial charge in [-0.25, -0.2) is 10.1 Å². The number of thioether (sulfide) groups is 1. The molecule has 0 unspecified atom stereocenters. The molecule has 0 bridgehead atoms. The van der Waals surface area contributed by atoms with E-state index in [0.717, 1.165) is 34.1 Å². The van der Waals surface area contributed by atoms with E-state index < -0.39 is 17.6 Å². The van der Waals surface area contributed by atoms with E-state index in [-0.39, 0.29) is 22.5 Å². The van der Waals surface area contributed by atoms with E-state index in [1.807, 2.05) is 42.5 Å². The minimum atomic E-state index is -4.49. The maximum atomic E-state index is 12.8. The molecule has 3 rings (SSSR count). The van der Waals surface area contributed by atoms with Crippen LogP contribution in [0.3, 0.4) is 0 Å². The second kappa shape index (κ2) is 10.7. The summed E-state index contributed by atoms with van der Waals surface area (Å²) in [6, 6.07) is 14.1. The molecule has 172 valence electrons. The number of amides is 1. The van der Waals surface area contributed by atoms with Gasteiger partial charge in [-0.05, 0) is 36.8 Å². The lowest BCUT2D eigenvalue weighted by molar-refractivity contribution is -0.137. The largest absolute Gasteiger partial charge is 0.416 e. The maximum absolute atomic E-state index is 12.8. The number of halogens is 3. The molecule has 33 heavy (non-hydrogen) atoms. The fourth-order valence-electron chi connectivity index (χ4n) is 2.51. The van der Waals surface area contributed by atoms with Crippen LogP contribution in [-0.2, 0) is 11.0 Å². The second-order valence-electron chi connectivity index (χ2n) is 6.70. The maximum Gasteiger partial charge on any atom is 0.416 e. The third-order valence-corrected chi connectivity index (χ3v) is 5.06. The molecule has 0 atom stereocenters. The van der Waals surface area contributed by atoms with Gasteiger partial charge in [0.1, 0.15) is 0 Å². The van der Waals surface area contributed by atoms with Gasteiger partial charge >= 0.3 is 6.18 Å². The summed E-state index contributed by atoms with van der Waals surface area (Å²) in [5, 5.41) is 14.6. The van der Waals surface area contributed by atoms with Gasteiger partial charge in [-0.15, -0.1) is 10.2 Å². The molecule has 0 saturated heterocycles. The van der Waals surface area contributed by atoms with E-state index in [1.54, 1.807) is 6.92 Å². The first-order valence-corrected chi connectivity index (χ1v) is 10.5. The van der Waals surface area contributed by atoms with Crippen molar-refractivity contribution in [3.8, 4) is 0 Å². The Hall–Kier alpha value is -3.80. The number of benzene rings is 2. The molecular weight excluding hydrogens is 455 g/mol. The van der Waals surface area contributed by atoms with E-state index in [9.17, 15) is 18.0 Å². The van der Waals surface area contributed by atoms with Gasteiger partial charge in [-0.2, -0.15) is 18.3 Å². The molecule has 0 spiro atoms. The highest BCUT2D eigenvalue weighted by molar-refractivity contribution is 7.99. The fourth-order valence-corrected chi connectivity index (χ4v) is 3.17. The highest BCUT2D eigenvalue weighted by atomic mass is 32.2. The summed E-state index contributed by atoms with van der Waals surface area (Å²) in [5.41, 5.74) is 3.58. The molecule has 0 radical (unpaired) electrons. The van der Waals surface area contributed by atoms with Crippen LogP contribution in [0.2, 0.25) is 0 Å². The van der Waals surface area contributed by atoms with Crippen LogP contribution in [0.25, 0.3) is 6.08 Å². The minimum absolute atomic E-state index is 0.0420. The topological polar surface area (TPSA) is 110 Å². The van der Waals surface area contributed by atoms with Crippen LogP contribution in [0, 0.1) is 0 Å². The van der Waals surface area contributed by atoms with E-state index in [0.29, 0.717) is 5.71 Å². The number of rotatable bonds is 8. The summed E-state index contributed by atoms with van der Waals surface area (Å²) in [7, 11) is 0. The van der Waals surface area contributed by atoms with Crippen molar-refractivity contribution < 1.29 is 18.0 Å². The van der Waals surface area contributed by atoms with Crippen LogP contribution in [0.5, 0.6) is 0 Å². The zero-order chi connectivity index (χ0) is 23.8. The summed E-state index contributed by atoms with van der Waals surface area (Å²) < 4.78 is 39.5. The van der Waals surface area contributed by atoms with Crippen molar-refractivity contribution in [2.24, 2.45) is 5.10 Å². The summed E-state index contributed by atoms with van der Waals surface area (Å²) in [6.07, 6.45) is -0.779. The summed E-state index contributed by atoms with van der Waals surface area (Å²) in [6.45, 7) is 1.79. The zero-order valence-corrected chi connectivity index (χ0v) is 18.2. The van der Waals surface area contributed by atoms with E-state index >= 15 is 0 Å². The Morgan fingerprint density at radius 1 is 1.18 bits per heavy atom. The van der Waals surface area contributed by atoms with Gasteiger partial charge in [0.25, 0.3) is 5.95 Å². The van der Waals surface area contributed by atoms with Gasteiger partial charge < -0.3 is 11.2 Å². The lowest BCUT2D eigenvalue weighted by atomic mass is 10.2. The van der Waals surface area contributed by atoms with Gasteiger partial charge in [-0.1, -0.05) is 54.2 Å². The molecule has 0 aliphatic carbocycles. The van der Waals surface area contributed by atoms with Gasteiger partial charge in [0, 0.05) is 5.69 Å². The molecule has 8 nitrogen and oxygen atoms in total. The minimum Gasteiger partial charge on any atom is -0.334 e. The third kappa shape index (κ3) is 7.10. The van der Waals surface area contributed by atoms with Gasteiger partial charge in [-0.3, -0.25) is 4.79 Å². The predicted octanol–water partition coefficient (Wildman–Crippen LogP) is 4.24. The number of nitrogen functional groups attached to an aromatic ring is 1. The smallest absolute Gasteiger partial charge is 0.334 e. The molecule has 0 aliphatic rings. The molecule has 0 aliphatic heterocycles. The lowest BCUT2D eigenvalue weighted by Crippen LogP contribution is -2.17. The number of nitrogens with zero attached hydrogens (tertiary/aromatic N) is 4. The van der Waals surface area contributed by atoms with E-state index in [4.69, 9.17) is 5.84 Å². The third-order valence-electron chi connectivity index (χ3n) is 4.12. The normalized spacial score (nSPS) is 12.2. The number of hydrogen-bond donors (Lipinski definition) is 3. The lowest BCUT2D eigenvalue weighted by Gasteiger charge is -2.09. The first-order chi connectivity index (χ1) is 15.7. The van der Waals surface area contributed by atoms with Crippen LogP contribution in [0.15, 0.2) is 70.9 Å². The monoisotopic (exact) mass is 475 g/mol. The Morgan fingerprint density at radius 3 is 2.67 bits per heavy atom. The van der Waals surface area contributed by atoms with Crippen LogP contribution >= 0.6 is 11.8 Å². The summed E-state index contributed by atoms with van der Waals surface area (Å²) in [4.78, 5) is 12.1. The number of anilines is 2. The van der Waals surface area contributed by atoms with Crippen LogP contribution in [-0.4, -0.2) is 32.2 Å². The standard InChI is InChI=1S/C21H20F3N7OS/c1-14(10-11-15-6-3-2-4-7-15)27-28-19-29-30-20(31(19)25)33-13-18(32)26-17-9-5-8-16(12-17)21(22,23)24/h2-12H,13,25H2,1H3,(H,26,32)(H,28,29)/b11-10+,27-14+. The first-order valence-electron chi connectivity index (χ1n) is 9.56. The van der Waals surface area contributed by atoms with Crippen molar-refractivity contribution in [1.29, 1.82) is 0 Å². The quantitative estimate of drug-likeness (QED) is 0.195. The Morgan fingerprint density at radius 2 is 1.94 bits per heavy atom. The molecule has 1 heterocycles. The number of hydrazone groups is 1. The Labute approximate surface area is 191 Å². The number of allylic oxidation sites excluding steroid dienone is 1.